The molecule has 0 aliphatic heterocycles. The number of hydrogen-bond acceptors (Lipinski definition) is 3. The maximum atomic E-state index is 12.4. The van der Waals surface area contributed by atoms with E-state index in [-0.39, 0.29) is 22.8 Å². The summed E-state index contributed by atoms with van der Waals surface area (Å²) in [5.74, 6) is -0.170. The Kier molecular flexibility index (Phi) is 7.01. The van der Waals surface area contributed by atoms with Gasteiger partial charge in [-0.15, -0.1) is 0 Å². The van der Waals surface area contributed by atoms with Crippen LogP contribution in [0.2, 0.25) is 5.02 Å². The molecule has 3 rings (SSSR count). The van der Waals surface area contributed by atoms with Crippen LogP contribution in [0.1, 0.15) is 42.5 Å². The molecule has 0 aromatic heterocycles. The average molecular weight is 416 g/mol. The van der Waals surface area contributed by atoms with Crippen molar-refractivity contribution in [2.45, 2.75) is 32.1 Å². The molecule has 7 heteroatoms. The first-order chi connectivity index (χ1) is 13.5. The molecule has 1 fully saturated rings. The molecule has 5 nitrogen and oxygen atoms in total. The minimum absolute atomic E-state index is 0.0652. The van der Waals surface area contributed by atoms with Gasteiger partial charge in [0.05, 0.1) is 0 Å². The molecule has 0 spiro atoms. The normalized spacial score (nSPS) is 14.2. The Bertz CT molecular complexity index is 864. The molecule has 0 heterocycles. The standard InChI is InChI=1S/C21H22ClN3O2S/c22-16-11-9-15(10-12-16)20(27)25-21(28)24-18-8-4-7-17(13-18)23-19(26)14-5-2-1-3-6-14/h4,7-14H,1-3,5-6H2,(H,23,26)(H2,24,25,27,28). The van der Waals surface area contributed by atoms with Gasteiger partial charge in [-0.2, -0.15) is 0 Å². The molecule has 2 amide bonds. The van der Waals surface area contributed by atoms with Crippen molar-refractivity contribution in [1.82, 2.24) is 5.32 Å². The van der Waals surface area contributed by atoms with Gasteiger partial charge in [0.2, 0.25) is 5.91 Å². The van der Waals surface area contributed by atoms with Crippen molar-refractivity contribution in [1.29, 1.82) is 0 Å². The Balaban J connectivity index is 1.56. The number of anilines is 2. The molecule has 3 N–H and O–H groups in total. The molecule has 0 unspecified atom stereocenters. The summed E-state index contributed by atoms with van der Waals surface area (Å²) in [7, 11) is 0. The van der Waals surface area contributed by atoms with Gasteiger partial charge >= 0.3 is 0 Å². The van der Waals surface area contributed by atoms with Gasteiger partial charge < -0.3 is 10.6 Å². The summed E-state index contributed by atoms with van der Waals surface area (Å²) < 4.78 is 0. The van der Waals surface area contributed by atoms with Gasteiger partial charge in [0.1, 0.15) is 0 Å². The van der Waals surface area contributed by atoms with Gasteiger partial charge in [0.15, 0.2) is 5.11 Å². The minimum Gasteiger partial charge on any atom is -0.332 e. The van der Waals surface area contributed by atoms with Crippen molar-refractivity contribution in [3.8, 4) is 0 Å². The Labute approximate surface area is 174 Å². The van der Waals surface area contributed by atoms with Crippen LogP contribution in [0.3, 0.4) is 0 Å². The van der Waals surface area contributed by atoms with Crippen molar-refractivity contribution < 1.29 is 9.59 Å². The number of nitrogens with one attached hydrogen (secondary N) is 3. The van der Waals surface area contributed by atoms with E-state index in [0.29, 0.717) is 22.0 Å². The first-order valence-corrected chi connectivity index (χ1v) is 10.1. The largest absolute Gasteiger partial charge is 0.332 e. The summed E-state index contributed by atoms with van der Waals surface area (Å²) in [5.41, 5.74) is 1.84. The molecule has 0 saturated heterocycles. The van der Waals surface area contributed by atoms with Gasteiger partial charge in [-0.3, -0.25) is 14.9 Å². The van der Waals surface area contributed by atoms with Gasteiger partial charge in [-0.25, -0.2) is 0 Å². The molecule has 1 saturated carbocycles. The SMILES string of the molecule is O=C(NC(=S)Nc1cccc(NC(=O)C2CCCCC2)c1)c1ccc(Cl)cc1. The average Bonchev–Trinajstić information content (AvgIpc) is 2.69. The third-order valence-corrected chi connectivity index (χ3v) is 5.15. The molecular weight excluding hydrogens is 394 g/mol. The molecule has 0 atom stereocenters. The van der Waals surface area contributed by atoms with Crippen LogP contribution in [0, 0.1) is 5.92 Å². The van der Waals surface area contributed by atoms with E-state index in [1.165, 1.54) is 6.42 Å². The fourth-order valence-electron chi connectivity index (χ4n) is 3.22. The number of carbonyl (C=O) groups is 2. The van der Waals surface area contributed by atoms with Crippen LogP contribution in [0.5, 0.6) is 0 Å². The fourth-order valence-corrected chi connectivity index (χ4v) is 3.56. The van der Waals surface area contributed by atoms with Crippen molar-refractivity contribution >= 4 is 52.1 Å². The molecule has 2 aromatic carbocycles. The van der Waals surface area contributed by atoms with E-state index in [1.54, 1.807) is 30.3 Å². The molecule has 1 aliphatic carbocycles. The first kappa shape index (κ1) is 20.3. The highest BCUT2D eigenvalue weighted by Crippen LogP contribution is 2.25. The Morgan fingerprint density at radius 2 is 1.57 bits per heavy atom. The second-order valence-corrected chi connectivity index (χ2v) is 7.66. The van der Waals surface area contributed by atoms with Crippen molar-refractivity contribution in [3.63, 3.8) is 0 Å². The van der Waals surface area contributed by atoms with E-state index in [0.717, 1.165) is 25.7 Å². The van der Waals surface area contributed by atoms with E-state index in [9.17, 15) is 9.59 Å². The number of hydrogen-bond donors (Lipinski definition) is 3. The lowest BCUT2D eigenvalue weighted by atomic mass is 9.88. The second-order valence-electron chi connectivity index (χ2n) is 6.82. The zero-order valence-electron chi connectivity index (χ0n) is 15.3. The predicted octanol–water partition coefficient (Wildman–Crippen LogP) is 4.99. The third kappa shape index (κ3) is 5.78. The van der Waals surface area contributed by atoms with E-state index in [1.807, 2.05) is 18.2 Å². The van der Waals surface area contributed by atoms with Crippen LogP contribution in [0.25, 0.3) is 0 Å². The lowest BCUT2D eigenvalue weighted by molar-refractivity contribution is -0.120. The number of rotatable bonds is 4. The van der Waals surface area contributed by atoms with Gasteiger partial charge in [-0.05, 0) is 67.5 Å². The summed E-state index contributed by atoms with van der Waals surface area (Å²) in [6.07, 6.45) is 5.33. The summed E-state index contributed by atoms with van der Waals surface area (Å²) in [5, 5.41) is 9.31. The van der Waals surface area contributed by atoms with Crippen LogP contribution in [-0.4, -0.2) is 16.9 Å². The molecule has 1 aliphatic rings. The van der Waals surface area contributed by atoms with Crippen LogP contribution >= 0.6 is 23.8 Å². The zero-order valence-corrected chi connectivity index (χ0v) is 16.9. The van der Waals surface area contributed by atoms with E-state index in [4.69, 9.17) is 23.8 Å². The fraction of sp³-hybridized carbons (Fsp3) is 0.286. The number of carbonyl (C=O) groups excluding carboxylic acids is 2. The Morgan fingerprint density at radius 1 is 0.929 bits per heavy atom. The highest BCUT2D eigenvalue weighted by molar-refractivity contribution is 7.80. The predicted molar refractivity (Wildman–Crippen MR) is 117 cm³/mol. The molecule has 0 bridgehead atoms. The van der Waals surface area contributed by atoms with Crippen LogP contribution in [0.4, 0.5) is 11.4 Å². The maximum Gasteiger partial charge on any atom is 0.257 e. The van der Waals surface area contributed by atoms with E-state index >= 15 is 0 Å². The third-order valence-electron chi connectivity index (χ3n) is 4.70. The van der Waals surface area contributed by atoms with Crippen molar-refractivity contribution in [2.75, 3.05) is 10.6 Å². The maximum absolute atomic E-state index is 12.4. The number of benzene rings is 2. The minimum atomic E-state index is -0.323. The molecule has 146 valence electrons. The van der Waals surface area contributed by atoms with E-state index in [2.05, 4.69) is 16.0 Å². The molecule has 2 aromatic rings. The lowest BCUT2D eigenvalue weighted by Crippen LogP contribution is -2.34. The quantitative estimate of drug-likeness (QED) is 0.615. The molecular formula is C21H22ClN3O2S. The highest BCUT2D eigenvalue weighted by atomic mass is 35.5. The number of halogens is 1. The summed E-state index contributed by atoms with van der Waals surface area (Å²) in [6, 6.07) is 13.8. The zero-order chi connectivity index (χ0) is 19.9. The van der Waals surface area contributed by atoms with E-state index < -0.39 is 0 Å². The van der Waals surface area contributed by atoms with Crippen LogP contribution < -0.4 is 16.0 Å². The first-order valence-electron chi connectivity index (χ1n) is 9.30. The monoisotopic (exact) mass is 415 g/mol. The number of thiocarbonyl (C=S) groups is 1. The smallest absolute Gasteiger partial charge is 0.257 e. The van der Waals surface area contributed by atoms with Gasteiger partial charge in [0, 0.05) is 27.9 Å². The Hall–Kier alpha value is -2.44. The molecule has 28 heavy (non-hydrogen) atoms. The highest BCUT2D eigenvalue weighted by Gasteiger charge is 2.21. The topological polar surface area (TPSA) is 70.2 Å². The Morgan fingerprint density at radius 3 is 2.25 bits per heavy atom. The summed E-state index contributed by atoms with van der Waals surface area (Å²) >= 11 is 11.0. The summed E-state index contributed by atoms with van der Waals surface area (Å²) in [4.78, 5) is 24.6. The van der Waals surface area contributed by atoms with Gasteiger partial charge in [0.25, 0.3) is 5.91 Å². The van der Waals surface area contributed by atoms with Gasteiger partial charge in [-0.1, -0.05) is 36.9 Å². The van der Waals surface area contributed by atoms with Crippen LogP contribution in [-0.2, 0) is 4.79 Å². The van der Waals surface area contributed by atoms with Crippen LogP contribution in [0.15, 0.2) is 48.5 Å². The van der Waals surface area contributed by atoms with Crippen molar-refractivity contribution in [2.24, 2.45) is 5.92 Å². The lowest BCUT2D eigenvalue weighted by Gasteiger charge is -2.21. The van der Waals surface area contributed by atoms with Crippen molar-refractivity contribution in [3.05, 3.63) is 59.1 Å². The summed E-state index contributed by atoms with van der Waals surface area (Å²) in [6.45, 7) is 0. The number of amides is 2. The second kappa shape index (κ2) is 9.66. The molecule has 0 radical (unpaired) electrons.